The van der Waals surface area contributed by atoms with Crippen molar-refractivity contribution in [3.05, 3.63) is 0 Å². The number of hydrogen-bond donors (Lipinski definition) is 1. The first-order valence-electron chi connectivity index (χ1n) is 6.04. The highest BCUT2D eigenvalue weighted by molar-refractivity contribution is 5.01. The molecule has 2 heteroatoms. The monoisotopic (exact) mass is 199 g/mol. The smallest absolute Gasteiger partial charge is 0.100 e. The van der Waals surface area contributed by atoms with E-state index in [0.717, 1.165) is 19.3 Å². The standard InChI is InChI=1S/C12H22FN/c1-9(13)11(8-12(14)6-7-12)10-4-2-3-5-10/h9-11H,2-8,14H2,1H3. The Labute approximate surface area is 86.2 Å². The van der Waals surface area contributed by atoms with Crippen LogP contribution in [0.4, 0.5) is 4.39 Å². The van der Waals surface area contributed by atoms with Gasteiger partial charge in [-0.05, 0) is 38.0 Å². The largest absolute Gasteiger partial charge is 0.325 e. The summed E-state index contributed by atoms with van der Waals surface area (Å²) in [5.74, 6) is 0.862. The fraction of sp³-hybridized carbons (Fsp3) is 1.00. The van der Waals surface area contributed by atoms with E-state index in [1.165, 1.54) is 25.7 Å². The van der Waals surface area contributed by atoms with E-state index in [0.29, 0.717) is 5.92 Å². The number of alkyl halides is 1. The first-order chi connectivity index (χ1) is 6.61. The summed E-state index contributed by atoms with van der Waals surface area (Å²) < 4.78 is 13.5. The second-order valence-corrected chi connectivity index (χ2v) is 5.45. The Hall–Kier alpha value is -0.110. The fourth-order valence-electron chi connectivity index (χ4n) is 2.92. The molecule has 0 aromatic rings. The maximum atomic E-state index is 13.5. The highest BCUT2D eigenvalue weighted by atomic mass is 19.1. The van der Waals surface area contributed by atoms with Crippen LogP contribution in [0.5, 0.6) is 0 Å². The quantitative estimate of drug-likeness (QED) is 0.740. The van der Waals surface area contributed by atoms with E-state index >= 15 is 0 Å². The van der Waals surface area contributed by atoms with Gasteiger partial charge in [0, 0.05) is 5.54 Å². The topological polar surface area (TPSA) is 26.0 Å². The van der Waals surface area contributed by atoms with Gasteiger partial charge in [-0.1, -0.05) is 25.7 Å². The molecule has 1 nitrogen and oxygen atoms in total. The van der Waals surface area contributed by atoms with Crippen molar-refractivity contribution in [2.75, 3.05) is 0 Å². The van der Waals surface area contributed by atoms with Crippen LogP contribution in [0.25, 0.3) is 0 Å². The Morgan fingerprint density at radius 2 is 1.93 bits per heavy atom. The highest BCUT2D eigenvalue weighted by Gasteiger charge is 2.43. The summed E-state index contributed by atoms with van der Waals surface area (Å²) in [4.78, 5) is 0. The van der Waals surface area contributed by atoms with Crippen molar-refractivity contribution in [1.29, 1.82) is 0 Å². The van der Waals surface area contributed by atoms with E-state index in [4.69, 9.17) is 5.73 Å². The Bertz CT molecular complexity index is 192. The average molecular weight is 199 g/mol. The van der Waals surface area contributed by atoms with Crippen LogP contribution in [-0.2, 0) is 0 Å². The zero-order valence-corrected chi connectivity index (χ0v) is 9.14. The Morgan fingerprint density at radius 1 is 1.36 bits per heavy atom. The van der Waals surface area contributed by atoms with Crippen LogP contribution in [0, 0.1) is 11.8 Å². The molecule has 2 unspecified atom stereocenters. The molecule has 0 radical (unpaired) electrons. The Balaban J connectivity index is 1.92. The van der Waals surface area contributed by atoms with E-state index in [2.05, 4.69) is 0 Å². The van der Waals surface area contributed by atoms with E-state index in [-0.39, 0.29) is 11.5 Å². The van der Waals surface area contributed by atoms with Gasteiger partial charge in [-0.25, -0.2) is 4.39 Å². The SMILES string of the molecule is CC(F)C(CC1(N)CC1)C1CCCC1. The van der Waals surface area contributed by atoms with E-state index in [1.54, 1.807) is 6.92 Å². The zero-order chi connectivity index (χ0) is 10.2. The first kappa shape index (κ1) is 10.4. The minimum absolute atomic E-state index is 0.0214. The molecule has 2 saturated carbocycles. The fourth-order valence-corrected chi connectivity index (χ4v) is 2.92. The Morgan fingerprint density at radius 3 is 2.36 bits per heavy atom. The second kappa shape index (κ2) is 3.80. The molecule has 0 spiro atoms. The molecule has 14 heavy (non-hydrogen) atoms. The van der Waals surface area contributed by atoms with E-state index in [1.807, 2.05) is 0 Å². The lowest BCUT2D eigenvalue weighted by Gasteiger charge is -2.27. The van der Waals surface area contributed by atoms with Gasteiger partial charge in [0.05, 0.1) is 0 Å². The van der Waals surface area contributed by atoms with Gasteiger partial charge in [0.2, 0.25) is 0 Å². The first-order valence-corrected chi connectivity index (χ1v) is 6.04. The molecule has 82 valence electrons. The van der Waals surface area contributed by atoms with Crippen LogP contribution in [0.3, 0.4) is 0 Å². The summed E-state index contributed by atoms with van der Waals surface area (Å²) in [6.45, 7) is 1.72. The van der Waals surface area contributed by atoms with Gasteiger partial charge in [-0.15, -0.1) is 0 Å². The molecular formula is C12H22FN. The van der Waals surface area contributed by atoms with Crippen molar-refractivity contribution < 1.29 is 4.39 Å². The summed E-state index contributed by atoms with van der Waals surface area (Å²) in [6.07, 6.45) is 7.54. The lowest BCUT2D eigenvalue weighted by atomic mass is 9.82. The van der Waals surface area contributed by atoms with Crippen LogP contribution >= 0.6 is 0 Å². The molecule has 0 bridgehead atoms. The third-order valence-corrected chi connectivity index (χ3v) is 4.13. The molecule has 0 heterocycles. The molecule has 0 saturated heterocycles. The van der Waals surface area contributed by atoms with E-state index < -0.39 is 6.17 Å². The van der Waals surface area contributed by atoms with Crippen LogP contribution in [0.2, 0.25) is 0 Å². The van der Waals surface area contributed by atoms with Crippen molar-refractivity contribution in [1.82, 2.24) is 0 Å². The van der Waals surface area contributed by atoms with Gasteiger partial charge in [-0.3, -0.25) is 0 Å². The average Bonchev–Trinajstić information content (AvgIpc) is 2.69. The maximum Gasteiger partial charge on any atom is 0.100 e. The lowest BCUT2D eigenvalue weighted by molar-refractivity contribution is 0.158. The van der Waals surface area contributed by atoms with Gasteiger partial charge in [0.25, 0.3) is 0 Å². The number of hydrogen-bond acceptors (Lipinski definition) is 1. The maximum absolute atomic E-state index is 13.5. The Kier molecular flexibility index (Phi) is 2.83. The normalized spacial score (nSPS) is 30.2. The lowest BCUT2D eigenvalue weighted by Crippen LogP contribution is -2.32. The van der Waals surface area contributed by atoms with Gasteiger partial charge >= 0.3 is 0 Å². The van der Waals surface area contributed by atoms with Crippen molar-refractivity contribution >= 4 is 0 Å². The molecule has 2 atom stereocenters. The molecule has 2 rings (SSSR count). The molecule has 0 aromatic heterocycles. The highest BCUT2D eigenvalue weighted by Crippen LogP contribution is 2.44. The van der Waals surface area contributed by atoms with Crippen molar-refractivity contribution in [3.8, 4) is 0 Å². The summed E-state index contributed by atoms with van der Waals surface area (Å²) in [7, 11) is 0. The van der Waals surface area contributed by atoms with Crippen LogP contribution in [0.1, 0.15) is 51.9 Å². The minimum Gasteiger partial charge on any atom is -0.325 e. The number of nitrogens with two attached hydrogens (primary N) is 1. The van der Waals surface area contributed by atoms with Gasteiger partial charge in [-0.2, -0.15) is 0 Å². The second-order valence-electron chi connectivity index (χ2n) is 5.45. The third kappa shape index (κ3) is 2.28. The predicted octanol–water partition coefficient (Wildman–Crippen LogP) is 3.03. The molecule has 0 aliphatic heterocycles. The zero-order valence-electron chi connectivity index (χ0n) is 9.14. The van der Waals surface area contributed by atoms with Crippen molar-refractivity contribution in [3.63, 3.8) is 0 Å². The van der Waals surface area contributed by atoms with Crippen LogP contribution in [-0.4, -0.2) is 11.7 Å². The molecular weight excluding hydrogens is 177 g/mol. The van der Waals surface area contributed by atoms with Crippen molar-refractivity contribution in [2.24, 2.45) is 17.6 Å². The summed E-state index contributed by atoms with van der Waals surface area (Å²) >= 11 is 0. The summed E-state index contributed by atoms with van der Waals surface area (Å²) in [5, 5.41) is 0. The van der Waals surface area contributed by atoms with Crippen molar-refractivity contribution in [2.45, 2.75) is 63.6 Å². The minimum atomic E-state index is -0.667. The van der Waals surface area contributed by atoms with Gasteiger partial charge in [0.15, 0.2) is 0 Å². The third-order valence-electron chi connectivity index (χ3n) is 4.13. The predicted molar refractivity (Wildman–Crippen MR) is 56.8 cm³/mol. The molecule has 0 amide bonds. The number of halogens is 1. The van der Waals surface area contributed by atoms with Crippen LogP contribution in [0.15, 0.2) is 0 Å². The molecule has 0 aromatic carbocycles. The van der Waals surface area contributed by atoms with Crippen LogP contribution < -0.4 is 5.73 Å². The number of rotatable bonds is 4. The molecule has 2 N–H and O–H groups in total. The molecule has 2 aliphatic carbocycles. The molecule has 2 fully saturated rings. The summed E-state index contributed by atoms with van der Waals surface area (Å²) in [5.41, 5.74) is 6.11. The van der Waals surface area contributed by atoms with E-state index in [9.17, 15) is 4.39 Å². The summed E-state index contributed by atoms with van der Waals surface area (Å²) in [6, 6.07) is 0. The molecule has 2 aliphatic rings. The van der Waals surface area contributed by atoms with Gasteiger partial charge < -0.3 is 5.73 Å². The van der Waals surface area contributed by atoms with Gasteiger partial charge in [0.1, 0.15) is 6.17 Å².